The van der Waals surface area contributed by atoms with E-state index in [-0.39, 0.29) is 5.41 Å². The summed E-state index contributed by atoms with van der Waals surface area (Å²) in [7, 11) is 0. The Balaban J connectivity index is 1.24. The van der Waals surface area contributed by atoms with Gasteiger partial charge in [-0.1, -0.05) is 123 Å². The van der Waals surface area contributed by atoms with Crippen molar-refractivity contribution < 1.29 is 0 Å². The summed E-state index contributed by atoms with van der Waals surface area (Å²) in [6, 6.07) is 54.5. The molecule has 46 heavy (non-hydrogen) atoms. The van der Waals surface area contributed by atoms with Crippen molar-refractivity contribution in [1.29, 1.82) is 0 Å². The fraction of sp³-hybridized carbons (Fsp3) is 0.0667. The van der Waals surface area contributed by atoms with E-state index in [2.05, 4.69) is 159 Å². The van der Waals surface area contributed by atoms with Gasteiger partial charge in [-0.25, -0.2) is 0 Å². The number of hydrogen-bond acceptors (Lipinski definition) is 1. The average molecular weight is 603 g/mol. The van der Waals surface area contributed by atoms with Crippen molar-refractivity contribution in [3.8, 4) is 33.4 Å². The second-order valence-electron chi connectivity index (χ2n) is 13.3. The third-order valence-corrected chi connectivity index (χ3v) is 11.5. The first kappa shape index (κ1) is 26.0. The van der Waals surface area contributed by atoms with Gasteiger partial charge in [0.2, 0.25) is 0 Å². The van der Waals surface area contributed by atoms with Crippen molar-refractivity contribution in [2.75, 3.05) is 0 Å². The van der Waals surface area contributed by atoms with Gasteiger partial charge in [-0.3, -0.25) is 0 Å². The minimum absolute atomic E-state index is 0.0790. The van der Waals surface area contributed by atoms with Crippen molar-refractivity contribution in [2.45, 2.75) is 19.3 Å². The van der Waals surface area contributed by atoms with Gasteiger partial charge in [0.1, 0.15) is 0 Å². The largest absolute Gasteiger partial charge is 0.135 e. The first-order valence-electron chi connectivity index (χ1n) is 16.1. The van der Waals surface area contributed by atoms with Crippen LogP contribution in [0.2, 0.25) is 0 Å². The number of benzene rings is 8. The Morgan fingerprint density at radius 1 is 0.391 bits per heavy atom. The predicted octanol–water partition coefficient (Wildman–Crippen LogP) is 13.2. The highest BCUT2D eigenvalue weighted by Gasteiger charge is 2.36. The molecule has 1 heterocycles. The number of rotatable bonds is 2. The first-order chi connectivity index (χ1) is 22.6. The van der Waals surface area contributed by atoms with Crippen molar-refractivity contribution in [1.82, 2.24) is 0 Å². The fourth-order valence-electron chi connectivity index (χ4n) is 8.23. The molecule has 0 saturated carbocycles. The molecule has 0 fully saturated rings. The lowest BCUT2D eigenvalue weighted by atomic mass is 9.81. The number of fused-ring (bicyclic) bond motifs is 9. The summed E-state index contributed by atoms with van der Waals surface area (Å²) < 4.78 is 2.71. The second-order valence-corrected chi connectivity index (χ2v) is 14.4. The van der Waals surface area contributed by atoms with E-state index in [1.165, 1.54) is 97.0 Å². The molecule has 1 heteroatoms. The van der Waals surface area contributed by atoms with E-state index in [9.17, 15) is 0 Å². The Morgan fingerprint density at radius 2 is 0.957 bits per heavy atom. The predicted molar refractivity (Wildman–Crippen MR) is 200 cm³/mol. The molecule has 0 saturated heterocycles. The van der Waals surface area contributed by atoms with Gasteiger partial charge in [0.15, 0.2) is 0 Å². The molecule has 0 aliphatic heterocycles. The molecular formula is C45H30S. The molecule has 1 aliphatic carbocycles. The lowest BCUT2D eigenvalue weighted by Crippen LogP contribution is -2.14. The molecule has 0 amide bonds. The molecule has 0 spiro atoms. The molecule has 1 aromatic heterocycles. The summed E-state index contributed by atoms with van der Waals surface area (Å²) in [5.41, 5.74) is 10.6. The highest BCUT2D eigenvalue weighted by Crippen LogP contribution is 2.52. The van der Waals surface area contributed by atoms with E-state index in [1.807, 2.05) is 11.3 Å². The highest BCUT2D eigenvalue weighted by molar-refractivity contribution is 7.25. The zero-order chi connectivity index (χ0) is 30.6. The van der Waals surface area contributed by atoms with Crippen molar-refractivity contribution in [3.63, 3.8) is 0 Å². The lowest BCUT2D eigenvalue weighted by molar-refractivity contribution is 0.661. The highest BCUT2D eigenvalue weighted by atomic mass is 32.1. The Labute approximate surface area is 272 Å². The lowest BCUT2D eigenvalue weighted by Gasteiger charge is -2.22. The van der Waals surface area contributed by atoms with Crippen LogP contribution in [0.15, 0.2) is 146 Å². The van der Waals surface area contributed by atoms with Crippen LogP contribution in [0.25, 0.3) is 85.9 Å². The Hall–Kier alpha value is -5.24. The minimum atomic E-state index is -0.0790. The maximum atomic E-state index is 2.48. The van der Waals surface area contributed by atoms with E-state index < -0.39 is 0 Å². The number of hydrogen-bond donors (Lipinski definition) is 0. The van der Waals surface area contributed by atoms with E-state index >= 15 is 0 Å². The molecule has 0 N–H and O–H groups in total. The zero-order valence-corrected chi connectivity index (χ0v) is 26.6. The van der Waals surface area contributed by atoms with Gasteiger partial charge in [0.25, 0.3) is 0 Å². The van der Waals surface area contributed by atoms with Crippen LogP contribution in [0.5, 0.6) is 0 Å². The molecular weight excluding hydrogens is 573 g/mol. The molecule has 8 aromatic carbocycles. The maximum absolute atomic E-state index is 2.48. The Morgan fingerprint density at radius 3 is 1.65 bits per heavy atom. The van der Waals surface area contributed by atoms with E-state index in [1.54, 1.807) is 0 Å². The number of thiophene rings is 1. The molecule has 0 unspecified atom stereocenters. The molecule has 1 aliphatic rings. The topological polar surface area (TPSA) is 0 Å². The summed E-state index contributed by atoms with van der Waals surface area (Å²) in [6.07, 6.45) is 0. The standard InChI is InChI=1S/C45H30S/c1-45(2)39-21-20-28(44-34-17-8-6-15-32(34)43(27-12-4-3-5-13-27)33-16-7-9-18-35(33)44)22-36(39)37-23-30-26-42-38(24-29(30)25-40(37)45)31-14-10-11-19-41(31)46-42/h3-26H,1-2H3. The summed E-state index contributed by atoms with van der Waals surface area (Å²) >= 11 is 1.90. The van der Waals surface area contributed by atoms with Crippen LogP contribution < -0.4 is 0 Å². The van der Waals surface area contributed by atoms with E-state index in [0.29, 0.717) is 0 Å². The molecule has 216 valence electrons. The first-order valence-corrected chi connectivity index (χ1v) is 16.9. The van der Waals surface area contributed by atoms with Crippen molar-refractivity contribution in [2.24, 2.45) is 0 Å². The van der Waals surface area contributed by atoms with Crippen LogP contribution in [0.1, 0.15) is 25.0 Å². The SMILES string of the molecule is CC1(C)c2ccc(-c3c4ccccc4c(-c4ccccc4)c4ccccc34)cc2-c2cc3cc4sc5ccccc5c4cc3cc21. The monoisotopic (exact) mass is 602 g/mol. The van der Waals surface area contributed by atoms with Gasteiger partial charge >= 0.3 is 0 Å². The van der Waals surface area contributed by atoms with Gasteiger partial charge in [-0.15, -0.1) is 11.3 Å². The van der Waals surface area contributed by atoms with Crippen molar-refractivity contribution in [3.05, 3.63) is 157 Å². The molecule has 0 bridgehead atoms. The third-order valence-electron chi connectivity index (χ3n) is 10.4. The van der Waals surface area contributed by atoms with Crippen LogP contribution >= 0.6 is 11.3 Å². The van der Waals surface area contributed by atoms with Gasteiger partial charge < -0.3 is 0 Å². The third kappa shape index (κ3) is 3.55. The summed E-state index contributed by atoms with van der Waals surface area (Å²) in [6.45, 7) is 4.78. The van der Waals surface area contributed by atoms with Gasteiger partial charge in [-0.05, 0) is 113 Å². The summed E-state index contributed by atoms with van der Waals surface area (Å²) in [4.78, 5) is 0. The van der Waals surface area contributed by atoms with E-state index in [0.717, 1.165) is 0 Å². The molecule has 0 radical (unpaired) electrons. The van der Waals surface area contributed by atoms with E-state index in [4.69, 9.17) is 0 Å². The van der Waals surface area contributed by atoms with Crippen molar-refractivity contribution >= 4 is 63.8 Å². The van der Waals surface area contributed by atoms with Gasteiger partial charge in [0.05, 0.1) is 0 Å². The normalized spacial score (nSPS) is 13.6. The van der Waals surface area contributed by atoms with Gasteiger partial charge in [-0.2, -0.15) is 0 Å². The minimum Gasteiger partial charge on any atom is -0.135 e. The smallest absolute Gasteiger partial charge is 0.0361 e. The Kier molecular flexibility index (Phi) is 5.31. The van der Waals surface area contributed by atoms with Crippen LogP contribution in [-0.4, -0.2) is 0 Å². The average Bonchev–Trinajstić information content (AvgIpc) is 3.56. The van der Waals surface area contributed by atoms with Gasteiger partial charge in [0, 0.05) is 25.6 Å². The van der Waals surface area contributed by atoms with Crippen LogP contribution in [-0.2, 0) is 5.41 Å². The molecule has 9 aromatic rings. The quantitative estimate of drug-likeness (QED) is 0.173. The van der Waals surface area contributed by atoms with Crippen LogP contribution in [0.3, 0.4) is 0 Å². The van der Waals surface area contributed by atoms with Crippen LogP contribution in [0, 0.1) is 0 Å². The van der Waals surface area contributed by atoms with Crippen LogP contribution in [0.4, 0.5) is 0 Å². The molecule has 0 nitrogen and oxygen atoms in total. The fourth-order valence-corrected chi connectivity index (χ4v) is 9.36. The zero-order valence-electron chi connectivity index (χ0n) is 25.8. The maximum Gasteiger partial charge on any atom is 0.0361 e. The molecule has 10 rings (SSSR count). The Bertz CT molecular complexity index is 2650. The second kappa shape index (κ2) is 9.39. The summed E-state index contributed by atoms with van der Waals surface area (Å²) in [5, 5.41) is 10.5. The summed E-state index contributed by atoms with van der Waals surface area (Å²) in [5.74, 6) is 0. The molecule has 0 atom stereocenters.